The van der Waals surface area contributed by atoms with Crippen molar-refractivity contribution in [3.63, 3.8) is 0 Å². The quantitative estimate of drug-likeness (QED) is 0.510. The van der Waals surface area contributed by atoms with E-state index in [0.717, 1.165) is 28.5 Å². The van der Waals surface area contributed by atoms with E-state index in [1.165, 1.54) is 16.7 Å². The van der Waals surface area contributed by atoms with Crippen LogP contribution in [-0.2, 0) is 6.42 Å². The Bertz CT molecular complexity index is 966. The summed E-state index contributed by atoms with van der Waals surface area (Å²) in [6.07, 6.45) is 2.64. The Kier molecular flexibility index (Phi) is 5.92. The minimum Gasteiger partial charge on any atom is -0.260 e. The van der Waals surface area contributed by atoms with Crippen molar-refractivity contribution >= 4 is 23.3 Å². The van der Waals surface area contributed by atoms with Gasteiger partial charge in [0.15, 0.2) is 0 Å². The van der Waals surface area contributed by atoms with Crippen LogP contribution in [0.15, 0.2) is 70.6 Å². The van der Waals surface area contributed by atoms with E-state index in [1.54, 1.807) is 0 Å². The fourth-order valence-corrected chi connectivity index (χ4v) is 3.02. The molecule has 3 nitrogen and oxygen atoms in total. The number of pyridine rings is 1. The number of aryl methyl sites for hydroxylation is 3. The number of para-hydroxylation sites is 2. The van der Waals surface area contributed by atoms with Crippen molar-refractivity contribution in [2.24, 2.45) is 9.98 Å². The van der Waals surface area contributed by atoms with Crippen molar-refractivity contribution in [1.82, 2.24) is 4.98 Å². The van der Waals surface area contributed by atoms with Crippen LogP contribution in [0.4, 0.5) is 11.4 Å². The fourth-order valence-electron chi connectivity index (χ4n) is 3.02. The van der Waals surface area contributed by atoms with E-state index in [-0.39, 0.29) is 0 Å². The molecule has 0 saturated heterocycles. The Labute approximate surface area is 161 Å². The molecule has 1 heterocycles. The third-order valence-electron chi connectivity index (χ3n) is 4.41. The highest BCUT2D eigenvalue weighted by Crippen LogP contribution is 2.22. The van der Waals surface area contributed by atoms with Crippen molar-refractivity contribution in [3.8, 4) is 0 Å². The fraction of sp³-hybridized carbons (Fsp3) is 0.208. The van der Waals surface area contributed by atoms with Crippen LogP contribution in [0.2, 0.25) is 0 Å². The Balaban J connectivity index is 1.81. The van der Waals surface area contributed by atoms with E-state index in [0.29, 0.717) is 6.42 Å². The van der Waals surface area contributed by atoms with Gasteiger partial charge >= 0.3 is 0 Å². The van der Waals surface area contributed by atoms with Gasteiger partial charge < -0.3 is 0 Å². The van der Waals surface area contributed by atoms with E-state index in [2.05, 4.69) is 61.1 Å². The standard InChI is InChI=1S/C24H25N3/c1-17-15-22(13-14-25-24-18(2)9-8-10-19(24)3)27-23(16-17)20(4)26-21-11-6-5-7-12-21/h5-12,14-16H,13H2,1-4H3. The first-order valence-electron chi connectivity index (χ1n) is 9.20. The molecule has 0 atom stereocenters. The maximum absolute atomic E-state index is 4.78. The lowest BCUT2D eigenvalue weighted by Crippen LogP contribution is -2.03. The molecule has 27 heavy (non-hydrogen) atoms. The zero-order valence-corrected chi connectivity index (χ0v) is 16.4. The number of nitrogens with zero attached hydrogens (tertiary/aromatic N) is 3. The van der Waals surface area contributed by atoms with Crippen LogP contribution in [0.25, 0.3) is 0 Å². The van der Waals surface area contributed by atoms with Gasteiger partial charge in [-0.3, -0.25) is 15.0 Å². The third kappa shape index (κ3) is 4.98. The van der Waals surface area contributed by atoms with Gasteiger partial charge in [0.1, 0.15) is 0 Å². The lowest BCUT2D eigenvalue weighted by atomic mass is 10.1. The molecular formula is C24H25N3. The molecule has 136 valence electrons. The summed E-state index contributed by atoms with van der Waals surface area (Å²) in [6, 6.07) is 20.4. The van der Waals surface area contributed by atoms with E-state index in [4.69, 9.17) is 4.98 Å². The van der Waals surface area contributed by atoms with Crippen LogP contribution in [-0.4, -0.2) is 16.9 Å². The molecule has 3 heteroatoms. The van der Waals surface area contributed by atoms with Crippen LogP contribution in [0.1, 0.15) is 35.0 Å². The lowest BCUT2D eigenvalue weighted by molar-refractivity contribution is 1.11. The maximum atomic E-state index is 4.78. The normalized spacial score (nSPS) is 11.9. The summed E-state index contributed by atoms with van der Waals surface area (Å²) in [5.41, 5.74) is 8.38. The molecule has 3 aromatic rings. The van der Waals surface area contributed by atoms with E-state index < -0.39 is 0 Å². The van der Waals surface area contributed by atoms with E-state index in [9.17, 15) is 0 Å². The Morgan fingerprint density at radius 2 is 1.63 bits per heavy atom. The highest BCUT2D eigenvalue weighted by atomic mass is 14.8. The third-order valence-corrected chi connectivity index (χ3v) is 4.41. The predicted molar refractivity (Wildman–Crippen MR) is 115 cm³/mol. The monoisotopic (exact) mass is 355 g/mol. The van der Waals surface area contributed by atoms with Gasteiger partial charge in [0.2, 0.25) is 0 Å². The van der Waals surface area contributed by atoms with Gasteiger partial charge in [0.05, 0.1) is 22.8 Å². The number of hydrogen-bond acceptors (Lipinski definition) is 3. The summed E-state index contributed by atoms with van der Waals surface area (Å²) in [7, 11) is 0. The first-order valence-corrected chi connectivity index (χ1v) is 9.20. The van der Waals surface area contributed by atoms with E-state index in [1.807, 2.05) is 43.5 Å². The van der Waals surface area contributed by atoms with Gasteiger partial charge in [0, 0.05) is 18.3 Å². The zero-order valence-electron chi connectivity index (χ0n) is 16.4. The van der Waals surface area contributed by atoms with Crippen LogP contribution < -0.4 is 0 Å². The van der Waals surface area contributed by atoms with E-state index >= 15 is 0 Å². The second-order valence-corrected chi connectivity index (χ2v) is 6.81. The van der Waals surface area contributed by atoms with Gasteiger partial charge in [-0.2, -0.15) is 0 Å². The van der Waals surface area contributed by atoms with Gasteiger partial charge in [-0.1, -0.05) is 36.4 Å². The number of rotatable bonds is 5. The molecule has 0 radical (unpaired) electrons. The highest BCUT2D eigenvalue weighted by Gasteiger charge is 2.04. The summed E-state index contributed by atoms with van der Waals surface area (Å²) < 4.78 is 0. The molecule has 0 fully saturated rings. The second-order valence-electron chi connectivity index (χ2n) is 6.81. The Morgan fingerprint density at radius 1 is 0.926 bits per heavy atom. The van der Waals surface area contributed by atoms with Crippen LogP contribution >= 0.6 is 0 Å². The maximum Gasteiger partial charge on any atom is 0.0847 e. The molecule has 0 spiro atoms. The number of aliphatic imine (C=N–C) groups is 2. The molecular weight excluding hydrogens is 330 g/mol. The van der Waals surface area contributed by atoms with Gasteiger partial charge in [-0.25, -0.2) is 0 Å². The Hall–Kier alpha value is -3.07. The van der Waals surface area contributed by atoms with Gasteiger partial charge in [-0.15, -0.1) is 0 Å². The number of benzene rings is 2. The summed E-state index contributed by atoms with van der Waals surface area (Å²) in [5.74, 6) is 0. The molecule has 0 aliphatic rings. The zero-order chi connectivity index (χ0) is 19.2. The average Bonchev–Trinajstić information content (AvgIpc) is 2.64. The van der Waals surface area contributed by atoms with Crippen LogP contribution in [0.5, 0.6) is 0 Å². The number of hydrogen-bond donors (Lipinski definition) is 0. The van der Waals surface area contributed by atoms with Crippen molar-refractivity contribution in [2.75, 3.05) is 0 Å². The molecule has 0 saturated carbocycles. The minimum absolute atomic E-state index is 0.696. The molecule has 0 N–H and O–H groups in total. The summed E-state index contributed by atoms with van der Waals surface area (Å²) in [4.78, 5) is 14.1. The molecule has 0 unspecified atom stereocenters. The van der Waals surface area contributed by atoms with Gasteiger partial charge in [-0.05, 0) is 68.7 Å². The first-order chi connectivity index (χ1) is 13.0. The molecule has 3 rings (SSSR count). The van der Waals surface area contributed by atoms with Crippen LogP contribution in [0, 0.1) is 20.8 Å². The molecule has 0 aliphatic heterocycles. The summed E-state index contributed by atoms with van der Waals surface area (Å²) in [5, 5.41) is 0. The predicted octanol–water partition coefficient (Wildman–Crippen LogP) is 6.09. The topological polar surface area (TPSA) is 37.6 Å². The largest absolute Gasteiger partial charge is 0.260 e. The molecule has 1 aromatic heterocycles. The second kappa shape index (κ2) is 8.54. The van der Waals surface area contributed by atoms with Crippen LogP contribution in [0.3, 0.4) is 0 Å². The molecule has 0 aliphatic carbocycles. The van der Waals surface area contributed by atoms with Gasteiger partial charge in [0.25, 0.3) is 0 Å². The number of aromatic nitrogens is 1. The van der Waals surface area contributed by atoms with Crippen molar-refractivity contribution in [3.05, 3.63) is 88.7 Å². The van der Waals surface area contributed by atoms with Crippen molar-refractivity contribution in [1.29, 1.82) is 0 Å². The van der Waals surface area contributed by atoms with Crippen molar-refractivity contribution in [2.45, 2.75) is 34.1 Å². The lowest BCUT2D eigenvalue weighted by Gasteiger charge is -2.06. The Morgan fingerprint density at radius 3 is 2.33 bits per heavy atom. The summed E-state index contributed by atoms with van der Waals surface area (Å²) in [6.45, 7) is 8.27. The highest BCUT2D eigenvalue weighted by molar-refractivity contribution is 5.98. The average molecular weight is 355 g/mol. The molecule has 2 aromatic carbocycles. The molecule has 0 bridgehead atoms. The first kappa shape index (κ1) is 18.7. The smallest absolute Gasteiger partial charge is 0.0847 e. The minimum atomic E-state index is 0.696. The SMILES string of the molecule is CC(=Nc1ccccc1)c1cc(C)cc(CC=Nc2c(C)cccc2C)n1. The van der Waals surface area contributed by atoms with Crippen molar-refractivity contribution < 1.29 is 0 Å². The summed E-state index contributed by atoms with van der Waals surface area (Å²) >= 11 is 0. The molecule has 0 amide bonds.